The number of aryl methyl sites for hydroxylation is 1. The van der Waals surface area contributed by atoms with Gasteiger partial charge in [0.25, 0.3) is 0 Å². The first-order valence-electron chi connectivity index (χ1n) is 6.74. The van der Waals surface area contributed by atoms with Gasteiger partial charge >= 0.3 is 0 Å². The van der Waals surface area contributed by atoms with Crippen LogP contribution in [0.3, 0.4) is 0 Å². The maximum absolute atomic E-state index is 11.9. The van der Waals surface area contributed by atoms with Crippen molar-refractivity contribution in [2.24, 2.45) is 5.92 Å². The third-order valence-corrected chi connectivity index (χ3v) is 4.95. The number of thiazole rings is 1. The van der Waals surface area contributed by atoms with Crippen molar-refractivity contribution in [3.63, 3.8) is 0 Å². The highest BCUT2D eigenvalue weighted by Crippen LogP contribution is 2.30. The van der Waals surface area contributed by atoms with E-state index < -0.39 is 0 Å². The van der Waals surface area contributed by atoms with Crippen LogP contribution in [0.4, 0.5) is 5.69 Å². The Bertz CT molecular complexity index is 601. The molecule has 4 nitrogen and oxygen atoms in total. The van der Waals surface area contributed by atoms with E-state index in [1.807, 2.05) is 50.5 Å². The van der Waals surface area contributed by atoms with E-state index in [2.05, 4.69) is 15.6 Å². The van der Waals surface area contributed by atoms with E-state index in [4.69, 9.17) is 0 Å². The number of nitrogens with one attached hydrogen (secondary N) is 2. The number of benzene rings is 1. The Balaban J connectivity index is 0.00000242. The lowest BCUT2D eigenvalue weighted by molar-refractivity contribution is -0.119. The number of anilines is 1. The minimum Gasteiger partial charge on any atom is -0.326 e. The molecule has 0 saturated heterocycles. The second kappa shape index (κ2) is 9.15. The van der Waals surface area contributed by atoms with Gasteiger partial charge in [-0.15, -0.1) is 23.7 Å². The van der Waals surface area contributed by atoms with Crippen LogP contribution in [0.5, 0.6) is 0 Å². The number of carbonyl (C=O) groups excluding carboxylic acids is 1. The molecule has 0 aliphatic carbocycles. The summed E-state index contributed by atoms with van der Waals surface area (Å²) in [4.78, 5) is 17.5. The third kappa shape index (κ3) is 5.61. The maximum Gasteiger partial charge on any atom is 0.228 e. The average molecular weight is 358 g/mol. The molecule has 2 N–H and O–H groups in total. The monoisotopic (exact) mass is 357 g/mol. The van der Waals surface area contributed by atoms with Crippen molar-refractivity contribution in [3.05, 3.63) is 35.3 Å². The van der Waals surface area contributed by atoms with Crippen LogP contribution in [-0.4, -0.2) is 24.5 Å². The fourth-order valence-corrected chi connectivity index (χ4v) is 3.56. The van der Waals surface area contributed by atoms with Gasteiger partial charge in [0.2, 0.25) is 5.91 Å². The van der Waals surface area contributed by atoms with E-state index >= 15 is 0 Å². The molecule has 0 aliphatic heterocycles. The van der Waals surface area contributed by atoms with Gasteiger partial charge in [-0.1, -0.05) is 18.7 Å². The Morgan fingerprint density at radius 3 is 2.59 bits per heavy atom. The molecule has 22 heavy (non-hydrogen) atoms. The van der Waals surface area contributed by atoms with Gasteiger partial charge < -0.3 is 10.6 Å². The topological polar surface area (TPSA) is 54.0 Å². The zero-order valence-electron chi connectivity index (χ0n) is 12.8. The average Bonchev–Trinajstić information content (AvgIpc) is 2.86. The van der Waals surface area contributed by atoms with Gasteiger partial charge in [-0.2, -0.15) is 0 Å². The molecule has 0 radical (unpaired) electrons. The van der Waals surface area contributed by atoms with Crippen LogP contribution in [-0.2, 0) is 4.79 Å². The smallest absolute Gasteiger partial charge is 0.228 e. The van der Waals surface area contributed by atoms with Gasteiger partial charge in [-0.05, 0) is 38.2 Å². The van der Waals surface area contributed by atoms with Gasteiger partial charge in [0.05, 0.1) is 0 Å². The normalized spacial score (nSPS) is 11.6. The molecule has 1 amide bonds. The first-order valence-corrected chi connectivity index (χ1v) is 8.43. The number of aromatic nitrogens is 1. The van der Waals surface area contributed by atoms with Crippen LogP contribution in [0, 0.1) is 12.8 Å². The first kappa shape index (κ1) is 19.0. The van der Waals surface area contributed by atoms with Gasteiger partial charge in [0.15, 0.2) is 4.34 Å². The summed E-state index contributed by atoms with van der Waals surface area (Å²) in [6.45, 7) is 4.57. The summed E-state index contributed by atoms with van der Waals surface area (Å²) >= 11 is 3.28. The van der Waals surface area contributed by atoms with Gasteiger partial charge in [-0.3, -0.25) is 4.79 Å². The summed E-state index contributed by atoms with van der Waals surface area (Å²) in [6, 6.07) is 7.85. The maximum atomic E-state index is 11.9. The molecule has 1 aromatic carbocycles. The van der Waals surface area contributed by atoms with Crippen molar-refractivity contribution >= 4 is 47.1 Å². The molecule has 120 valence electrons. The molecule has 1 heterocycles. The molecule has 2 aromatic rings. The van der Waals surface area contributed by atoms with E-state index in [0.29, 0.717) is 6.54 Å². The predicted molar refractivity (Wildman–Crippen MR) is 96.4 cm³/mol. The second-order valence-corrected chi connectivity index (χ2v) is 7.01. The van der Waals surface area contributed by atoms with Crippen LogP contribution >= 0.6 is 35.5 Å². The lowest BCUT2D eigenvalue weighted by Gasteiger charge is -2.11. The molecule has 0 aliphatic rings. The molecule has 0 bridgehead atoms. The summed E-state index contributed by atoms with van der Waals surface area (Å²) < 4.78 is 1.03. The highest BCUT2D eigenvalue weighted by molar-refractivity contribution is 8.01. The molecule has 0 spiro atoms. The summed E-state index contributed by atoms with van der Waals surface area (Å²) in [7, 11) is 1.84. The zero-order valence-corrected chi connectivity index (χ0v) is 15.2. The van der Waals surface area contributed by atoms with Crippen molar-refractivity contribution in [3.8, 4) is 0 Å². The van der Waals surface area contributed by atoms with Crippen molar-refractivity contribution in [1.82, 2.24) is 10.3 Å². The van der Waals surface area contributed by atoms with Crippen LogP contribution in [0.1, 0.15) is 12.6 Å². The third-order valence-electron chi connectivity index (χ3n) is 2.88. The Morgan fingerprint density at radius 2 is 2.05 bits per heavy atom. The highest BCUT2D eigenvalue weighted by Gasteiger charge is 2.11. The Kier molecular flexibility index (Phi) is 7.89. The first-order chi connectivity index (χ1) is 10.1. The van der Waals surface area contributed by atoms with Gasteiger partial charge in [-0.25, -0.2) is 4.98 Å². The van der Waals surface area contributed by atoms with E-state index in [9.17, 15) is 4.79 Å². The fourth-order valence-electron chi connectivity index (χ4n) is 1.75. The van der Waals surface area contributed by atoms with Crippen molar-refractivity contribution in [2.75, 3.05) is 18.9 Å². The predicted octanol–water partition coefficient (Wildman–Crippen LogP) is 3.82. The van der Waals surface area contributed by atoms with E-state index in [1.54, 1.807) is 23.1 Å². The summed E-state index contributed by atoms with van der Waals surface area (Å²) in [5.41, 5.74) is 1.87. The lowest BCUT2D eigenvalue weighted by atomic mass is 10.1. The summed E-state index contributed by atoms with van der Waals surface area (Å²) in [6.07, 6.45) is 0. The summed E-state index contributed by atoms with van der Waals surface area (Å²) in [5.74, 6) is -0.0253. The van der Waals surface area contributed by atoms with Crippen LogP contribution in [0.2, 0.25) is 0 Å². The van der Waals surface area contributed by atoms with Crippen LogP contribution in [0.15, 0.2) is 38.9 Å². The molecular weight excluding hydrogens is 338 g/mol. The minimum absolute atomic E-state index is 0. The Labute approximate surface area is 145 Å². The van der Waals surface area contributed by atoms with Crippen molar-refractivity contribution < 1.29 is 4.79 Å². The number of hydrogen-bond acceptors (Lipinski definition) is 5. The van der Waals surface area contributed by atoms with E-state index in [-0.39, 0.29) is 24.2 Å². The number of halogens is 1. The molecule has 0 saturated carbocycles. The molecule has 0 fully saturated rings. The number of hydrogen-bond donors (Lipinski definition) is 2. The van der Waals surface area contributed by atoms with Crippen LogP contribution < -0.4 is 10.6 Å². The summed E-state index contributed by atoms with van der Waals surface area (Å²) in [5, 5.41) is 7.96. The molecule has 7 heteroatoms. The SMILES string of the molecule is CNCC(C)C(=O)Nc1ccc(Sc2nc(C)cs2)cc1.Cl. The number of amides is 1. The molecular formula is C15H20ClN3OS2. The van der Waals surface area contributed by atoms with Gasteiger partial charge in [0.1, 0.15) is 0 Å². The molecule has 1 atom stereocenters. The second-order valence-electron chi connectivity index (χ2n) is 4.83. The van der Waals surface area contributed by atoms with E-state index in [1.165, 1.54) is 0 Å². The highest BCUT2D eigenvalue weighted by atomic mass is 35.5. The molecule has 1 aromatic heterocycles. The number of nitrogens with zero attached hydrogens (tertiary/aromatic N) is 1. The number of carbonyl (C=O) groups is 1. The minimum atomic E-state index is -0.0534. The number of rotatable bonds is 6. The van der Waals surface area contributed by atoms with Gasteiger partial charge in [0, 0.05) is 34.1 Å². The quantitative estimate of drug-likeness (QED) is 0.825. The largest absolute Gasteiger partial charge is 0.326 e. The lowest BCUT2D eigenvalue weighted by Crippen LogP contribution is -2.28. The van der Waals surface area contributed by atoms with Crippen molar-refractivity contribution in [1.29, 1.82) is 0 Å². The Morgan fingerprint density at radius 1 is 1.36 bits per heavy atom. The van der Waals surface area contributed by atoms with E-state index in [0.717, 1.165) is 20.6 Å². The standard InChI is InChI=1S/C15H19N3OS2.ClH/c1-10(8-16-3)14(19)18-12-4-6-13(7-5-12)21-15-17-11(2)9-20-15;/h4-7,9-10,16H,8H2,1-3H3,(H,18,19);1H. The van der Waals surface area contributed by atoms with Crippen LogP contribution in [0.25, 0.3) is 0 Å². The van der Waals surface area contributed by atoms with Crippen molar-refractivity contribution in [2.45, 2.75) is 23.1 Å². The molecule has 2 rings (SSSR count). The fraction of sp³-hybridized carbons (Fsp3) is 0.333. The Hall–Kier alpha value is -1.08. The molecule has 1 unspecified atom stereocenters. The zero-order chi connectivity index (χ0) is 15.2.